The zero-order valence-corrected chi connectivity index (χ0v) is 12.9. The normalized spacial score (nSPS) is 33.5. The molecule has 0 radical (unpaired) electrons. The van der Waals surface area contributed by atoms with Gasteiger partial charge in [-0.15, -0.1) is 0 Å². The molecule has 0 spiro atoms. The molecule has 116 valence electrons. The number of carbonyl (C=O) groups excluding carboxylic acids is 1. The molecule has 0 bridgehead atoms. The molecule has 0 aromatic carbocycles. The van der Waals surface area contributed by atoms with Gasteiger partial charge in [-0.2, -0.15) is 0 Å². The van der Waals surface area contributed by atoms with Crippen LogP contribution < -0.4 is 0 Å². The average molecular weight is 283 g/mol. The number of ether oxygens (including phenoxy) is 1. The first kappa shape index (κ1) is 15.9. The fourth-order valence-corrected chi connectivity index (χ4v) is 3.73. The molecule has 2 aliphatic rings. The van der Waals surface area contributed by atoms with Crippen LogP contribution in [0.2, 0.25) is 0 Å². The molecule has 1 saturated carbocycles. The molecule has 1 saturated heterocycles. The van der Waals surface area contributed by atoms with Crippen LogP contribution in [-0.2, 0) is 9.53 Å². The highest BCUT2D eigenvalue weighted by Gasteiger charge is 2.34. The maximum Gasteiger partial charge on any atom is 0.137 e. The molecule has 3 atom stereocenters. The number of nitrogens with zero attached hydrogens (tertiary/aromatic N) is 1. The minimum atomic E-state index is 0.104. The lowest BCUT2D eigenvalue weighted by Gasteiger charge is -2.38. The van der Waals surface area contributed by atoms with Gasteiger partial charge in [-0.1, -0.05) is 13.8 Å². The van der Waals surface area contributed by atoms with Crippen molar-refractivity contribution >= 4 is 5.78 Å². The quantitative estimate of drug-likeness (QED) is 0.834. The highest BCUT2D eigenvalue weighted by Crippen LogP contribution is 2.32. The number of aliphatic hydroxyl groups excluding tert-OH is 1. The van der Waals surface area contributed by atoms with Gasteiger partial charge in [0.1, 0.15) is 5.78 Å². The summed E-state index contributed by atoms with van der Waals surface area (Å²) >= 11 is 0. The van der Waals surface area contributed by atoms with E-state index in [1.54, 1.807) is 0 Å². The topological polar surface area (TPSA) is 49.8 Å². The van der Waals surface area contributed by atoms with Gasteiger partial charge in [0.05, 0.1) is 19.3 Å². The third kappa shape index (κ3) is 4.27. The largest absolute Gasteiger partial charge is 0.394 e. The number of likely N-dealkylation sites (tertiary alicyclic amines) is 1. The van der Waals surface area contributed by atoms with Crippen molar-refractivity contribution < 1.29 is 14.6 Å². The van der Waals surface area contributed by atoms with Crippen molar-refractivity contribution in [2.24, 2.45) is 17.8 Å². The van der Waals surface area contributed by atoms with E-state index in [0.29, 0.717) is 24.2 Å². The molecular formula is C16H29NO3. The van der Waals surface area contributed by atoms with Crippen molar-refractivity contribution in [2.45, 2.75) is 45.6 Å². The highest BCUT2D eigenvalue weighted by molar-refractivity contribution is 5.82. The van der Waals surface area contributed by atoms with Crippen LogP contribution in [0.15, 0.2) is 0 Å². The number of aliphatic hydroxyl groups is 1. The van der Waals surface area contributed by atoms with Crippen LogP contribution >= 0.6 is 0 Å². The Bertz CT molecular complexity index is 313. The zero-order valence-electron chi connectivity index (χ0n) is 12.9. The van der Waals surface area contributed by atoms with Crippen LogP contribution in [0.1, 0.15) is 39.5 Å². The van der Waals surface area contributed by atoms with Crippen molar-refractivity contribution in [3.63, 3.8) is 0 Å². The van der Waals surface area contributed by atoms with Crippen molar-refractivity contribution in [3.8, 4) is 0 Å². The van der Waals surface area contributed by atoms with E-state index in [4.69, 9.17) is 9.84 Å². The van der Waals surface area contributed by atoms with Gasteiger partial charge in [-0.25, -0.2) is 0 Å². The number of piperidine rings is 1. The van der Waals surface area contributed by atoms with Crippen LogP contribution in [0.4, 0.5) is 0 Å². The molecule has 20 heavy (non-hydrogen) atoms. The Morgan fingerprint density at radius 3 is 2.60 bits per heavy atom. The average Bonchev–Trinajstić information content (AvgIpc) is 2.42. The Kier molecular flexibility index (Phi) is 6.00. The van der Waals surface area contributed by atoms with E-state index in [1.807, 2.05) is 0 Å². The van der Waals surface area contributed by atoms with E-state index in [0.717, 1.165) is 38.9 Å². The van der Waals surface area contributed by atoms with E-state index in [2.05, 4.69) is 18.7 Å². The fourth-order valence-electron chi connectivity index (χ4n) is 3.73. The number of rotatable bonds is 5. The lowest BCUT2D eigenvalue weighted by Crippen LogP contribution is -2.44. The summed E-state index contributed by atoms with van der Waals surface area (Å²) in [6.07, 6.45) is 4.28. The summed E-state index contributed by atoms with van der Waals surface area (Å²) < 4.78 is 5.58. The molecule has 0 amide bonds. The smallest absolute Gasteiger partial charge is 0.137 e. The second kappa shape index (κ2) is 7.53. The maximum absolute atomic E-state index is 12.2. The van der Waals surface area contributed by atoms with Gasteiger partial charge < -0.3 is 14.7 Å². The van der Waals surface area contributed by atoms with E-state index < -0.39 is 0 Å². The molecule has 4 nitrogen and oxygen atoms in total. The Hall–Kier alpha value is -0.450. The molecule has 2 fully saturated rings. The van der Waals surface area contributed by atoms with Gasteiger partial charge in [-0.05, 0) is 31.1 Å². The van der Waals surface area contributed by atoms with Crippen LogP contribution in [0.3, 0.4) is 0 Å². The zero-order chi connectivity index (χ0) is 14.5. The Balaban J connectivity index is 1.76. The lowest BCUT2D eigenvalue weighted by atomic mass is 9.74. The van der Waals surface area contributed by atoms with Crippen molar-refractivity contribution in [3.05, 3.63) is 0 Å². The first-order valence-corrected chi connectivity index (χ1v) is 8.07. The number of ketones is 1. The minimum Gasteiger partial charge on any atom is -0.394 e. The summed E-state index contributed by atoms with van der Waals surface area (Å²) in [6, 6.07) is 0. The van der Waals surface area contributed by atoms with Crippen molar-refractivity contribution in [2.75, 3.05) is 32.8 Å². The molecule has 0 aromatic heterocycles. The van der Waals surface area contributed by atoms with Crippen LogP contribution in [0, 0.1) is 17.8 Å². The Morgan fingerprint density at radius 2 is 2.00 bits per heavy atom. The van der Waals surface area contributed by atoms with E-state index in [-0.39, 0.29) is 18.6 Å². The molecule has 4 heteroatoms. The molecule has 1 aliphatic carbocycles. The predicted octanol–water partition coefficient (Wildman–Crippen LogP) is 1.71. The molecule has 0 aromatic rings. The van der Waals surface area contributed by atoms with Crippen LogP contribution in [0.5, 0.6) is 0 Å². The first-order chi connectivity index (χ1) is 9.60. The van der Waals surface area contributed by atoms with Gasteiger partial charge >= 0.3 is 0 Å². The fraction of sp³-hybridized carbons (Fsp3) is 0.938. The van der Waals surface area contributed by atoms with Crippen molar-refractivity contribution in [1.82, 2.24) is 4.90 Å². The monoisotopic (exact) mass is 283 g/mol. The molecule has 1 aliphatic heterocycles. The third-order valence-corrected chi connectivity index (χ3v) is 4.86. The number of Topliss-reactive ketones (excluding diaryl/α,β-unsaturated/α-hetero) is 1. The predicted molar refractivity (Wildman–Crippen MR) is 78.6 cm³/mol. The molecule has 3 unspecified atom stereocenters. The third-order valence-electron chi connectivity index (χ3n) is 4.86. The van der Waals surface area contributed by atoms with Gasteiger partial charge in [0.25, 0.3) is 0 Å². The standard InChI is InChI=1S/C16H29NO3/c1-12-9-13(2)15(16(19)10-12)11-17-5-3-14(4-6-17)20-8-7-18/h12-15,18H,3-11H2,1-2H3. The number of hydrogen-bond donors (Lipinski definition) is 1. The van der Waals surface area contributed by atoms with Crippen molar-refractivity contribution in [1.29, 1.82) is 0 Å². The van der Waals surface area contributed by atoms with E-state index in [1.165, 1.54) is 6.42 Å². The summed E-state index contributed by atoms with van der Waals surface area (Å²) in [4.78, 5) is 14.6. The van der Waals surface area contributed by atoms with Gasteiger partial charge in [-0.3, -0.25) is 4.79 Å². The SMILES string of the molecule is CC1CC(=O)C(CN2CCC(OCCO)CC2)C(C)C1. The highest BCUT2D eigenvalue weighted by atomic mass is 16.5. The number of hydrogen-bond acceptors (Lipinski definition) is 4. The summed E-state index contributed by atoms with van der Waals surface area (Å²) in [7, 11) is 0. The second-order valence-electron chi connectivity index (χ2n) is 6.69. The number of carbonyl (C=O) groups is 1. The van der Waals surface area contributed by atoms with Gasteiger partial charge in [0.2, 0.25) is 0 Å². The maximum atomic E-state index is 12.2. The lowest BCUT2D eigenvalue weighted by molar-refractivity contribution is -0.129. The summed E-state index contributed by atoms with van der Waals surface area (Å²) in [5, 5.41) is 8.77. The first-order valence-electron chi connectivity index (χ1n) is 8.07. The van der Waals surface area contributed by atoms with Gasteiger partial charge in [0, 0.05) is 32.0 Å². The summed E-state index contributed by atoms with van der Waals surface area (Å²) in [6.45, 7) is 7.93. The summed E-state index contributed by atoms with van der Waals surface area (Å²) in [5.41, 5.74) is 0. The Morgan fingerprint density at radius 1 is 1.30 bits per heavy atom. The Labute approximate surface area is 122 Å². The minimum absolute atomic E-state index is 0.104. The molecule has 2 rings (SSSR count). The summed E-state index contributed by atoms with van der Waals surface area (Å²) in [5.74, 6) is 1.79. The molecule has 1 heterocycles. The van der Waals surface area contributed by atoms with E-state index >= 15 is 0 Å². The van der Waals surface area contributed by atoms with Crippen LogP contribution in [-0.4, -0.2) is 54.7 Å². The molecular weight excluding hydrogens is 254 g/mol. The second-order valence-corrected chi connectivity index (χ2v) is 6.69. The van der Waals surface area contributed by atoms with E-state index in [9.17, 15) is 4.79 Å². The van der Waals surface area contributed by atoms with Gasteiger partial charge in [0.15, 0.2) is 0 Å². The van der Waals surface area contributed by atoms with Crippen LogP contribution in [0.25, 0.3) is 0 Å². The molecule has 1 N–H and O–H groups in total.